The predicted octanol–water partition coefficient (Wildman–Crippen LogP) is 2.56. The van der Waals surface area contributed by atoms with Crippen molar-refractivity contribution in [3.05, 3.63) is 53.8 Å². The van der Waals surface area contributed by atoms with Crippen LogP contribution < -0.4 is 10.1 Å². The van der Waals surface area contributed by atoms with Crippen LogP contribution in [0.3, 0.4) is 0 Å². The summed E-state index contributed by atoms with van der Waals surface area (Å²) in [6.45, 7) is 1.74. The quantitative estimate of drug-likeness (QED) is 0.910. The Morgan fingerprint density at radius 2 is 1.91 bits per heavy atom. The number of hydrogen-bond donors (Lipinski definition) is 1. The van der Waals surface area contributed by atoms with Gasteiger partial charge in [-0.05, 0) is 36.8 Å². The molecule has 2 rings (SSSR count). The van der Waals surface area contributed by atoms with Gasteiger partial charge in [-0.2, -0.15) is 0 Å². The first-order valence-electron chi connectivity index (χ1n) is 6.75. The highest BCUT2D eigenvalue weighted by atomic mass is 32.2. The molecule has 0 aliphatic heterocycles. The van der Waals surface area contributed by atoms with Crippen molar-refractivity contribution in [2.24, 2.45) is 0 Å². The molecule has 0 heterocycles. The first-order chi connectivity index (χ1) is 10.8. The molecule has 0 saturated heterocycles. The molecule has 122 valence electrons. The monoisotopic (exact) mass is 337 g/mol. The first kappa shape index (κ1) is 17.0. The summed E-state index contributed by atoms with van der Waals surface area (Å²) in [5, 5.41) is 2.28. The van der Waals surface area contributed by atoms with Gasteiger partial charge >= 0.3 is 0 Å². The number of carbonyl (C=O) groups is 1. The summed E-state index contributed by atoms with van der Waals surface area (Å²) >= 11 is 0. The average Bonchev–Trinajstić information content (AvgIpc) is 2.50. The third-order valence-corrected chi connectivity index (χ3v) is 4.77. The Hall–Kier alpha value is -2.41. The zero-order valence-corrected chi connectivity index (χ0v) is 13.5. The highest BCUT2D eigenvalue weighted by Gasteiger charge is 2.23. The van der Waals surface area contributed by atoms with Gasteiger partial charge in [-0.3, -0.25) is 4.79 Å². The van der Waals surface area contributed by atoms with Crippen molar-refractivity contribution in [2.75, 3.05) is 18.2 Å². The van der Waals surface area contributed by atoms with Crippen LogP contribution in [0.1, 0.15) is 5.56 Å². The number of methoxy groups -OCH3 is 1. The number of para-hydroxylation sites is 1. The van der Waals surface area contributed by atoms with Gasteiger partial charge in [0.15, 0.2) is 9.84 Å². The standard InChI is InChI=1S/C16H16FNO4S/c1-11-7-8-12(17)13(9-11)18-16(19)10-23(20,21)15-6-4-3-5-14(15)22-2/h3-9H,10H2,1-2H3,(H,18,19). The van der Waals surface area contributed by atoms with E-state index < -0.39 is 27.3 Å². The van der Waals surface area contributed by atoms with E-state index in [0.29, 0.717) is 0 Å². The molecule has 0 atom stereocenters. The molecule has 0 aliphatic rings. The number of sulfone groups is 1. The maximum absolute atomic E-state index is 13.6. The maximum atomic E-state index is 13.6. The Morgan fingerprint density at radius 1 is 1.22 bits per heavy atom. The summed E-state index contributed by atoms with van der Waals surface area (Å²) in [6.07, 6.45) is 0. The van der Waals surface area contributed by atoms with Crippen molar-refractivity contribution in [1.29, 1.82) is 0 Å². The van der Waals surface area contributed by atoms with Crippen molar-refractivity contribution in [2.45, 2.75) is 11.8 Å². The molecule has 0 aromatic heterocycles. The summed E-state index contributed by atoms with van der Waals surface area (Å²) in [7, 11) is -2.56. The summed E-state index contributed by atoms with van der Waals surface area (Å²) < 4.78 is 43.3. The summed E-state index contributed by atoms with van der Waals surface area (Å²) in [5.41, 5.74) is 0.694. The molecule has 7 heteroatoms. The smallest absolute Gasteiger partial charge is 0.240 e. The number of ether oxygens (including phenoxy) is 1. The fourth-order valence-electron chi connectivity index (χ4n) is 2.05. The molecule has 2 aromatic rings. The van der Waals surface area contributed by atoms with Crippen molar-refractivity contribution in [1.82, 2.24) is 0 Å². The van der Waals surface area contributed by atoms with Crippen LogP contribution in [0.2, 0.25) is 0 Å². The molecular weight excluding hydrogens is 321 g/mol. The third kappa shape index (κ3) is 4.07. The van der Waals surface area contributed by atoms with E-state index in [1.807, 2.05) is 0 Å². The lowest BCUT2D eigenvalue weighted by molar-refractivity contribution is -0.113. The summed E-state index contributed by atoms with van der Waals surface area (Å²) in [6, 6.07) is 10.2. The Labute approximate surface area is 134 Å². The van der Waals surface area contributed by atoms with Crippen LogP contribution in [-0.2, 0) is 14.6 Å². The largest absolute Gasteiger partial charge is 0.495 e. The second kappa shape index (κ2) is 6.78. The number of amides is 1. The molecule has 0 radical (unpaired) electrons. The Morgan fingerprint density at radius 3 is 2.61 bits per heavy atom. The van der Waals surface area contributed by atoms with Gasteiger partial charge in [0.1, 0.15) is 22.2 Å². The average molecular weight is 337 g/mol. The van der Waals surface area contributed by atoms with Crippen LogP contribution in [0.25, 0.3) is 0 Å². The zero-order chi connectivity index (χ0) is 17.0. The van der Waals surface area contributed by atoms with Crippen LogP contribution in [0.4, 0.5) is 10.1 Å². The second-order valence-electron chi connectivity index (χ2n) is 4.94. The van der Waals surface area contributed by atoms with E-state index in [1.165, 1.54) is 37.4 Å². The number of benzene rings is 2. The van der Waals surface area contributed by atoms with Gasteiger partial charge in [0, 0.05) is 0 Å². The fraction of sp³-hybridized carbons (Fsp3) is 0.188. The third-order valence-electron chi connectivity index (χ3n) is 3.12. The fourth-order valence-corrected chi connectivity index (χ4v) is 3.36. The van der Waals surface area contributed by atoms with Gasteiger partial charge in [0.2, 0.25) is 5.91 Å². The van der Waals surface area contributed by atoms with Gasteiger partial charge in [0.05, 0.1) is 12.8 Å². The second-order valence-corrected chi connectivity index (χ2v) is 6.90. The molecule has 0 aliphatic carbocycles. The van der Waals surface area contributed by atoms with Crippen LogP contribution in [-0.4, -0.2) is 27.2 Å². The normalized spacial score (nSPS) is 11.1. The number of anilines is 1. The van der Waals surface area contributed by atoms with Crippen LogP contribution in [0.5, 0.6) is 5.75 Å². The molecule has 1 amide bonds. The number of carbonyl (C=O) groups excluding carboxylic acids is 1. The molecule has 0 saturated carbocycles. The maximum Gasteiger partial charge on any atom is 0.240 e. The van der Waals surface area contributed by atoms with Crippen molar-refractivity contribution in [3.63, 3.8) is 0 Å². The lowest BCUT2D eigenvalue weighted by atomic mass is 10.2. The van der Waals surface area contributed by atoms with E-state index in [2.05, 4.69) is 5.32 Å². The number of rotatable bonds is 5. The van der Waals surface area contributed by atoms with Gasteiger partial charge < -0.3 is 10.1 Å². The number of hydrogen-bond acceptors (Lipinski definition) is 4. The lowest BCUT2D eigenvalue weighted by Crippen LogP contribution is -2.23. The molecule has 0 spiro atoms. The van der Waals surface area contributed by atoms with Gasteiger partial charge in [-0.15, -0.1) is 0 Å². The molecule has 5 nitrogen and oxygen atoms in total. The molecule has 0 fully saturated rings. The van der Waals surface area contributed by atoms with E-state index in [-0.39, 0.29) is 16.3 Å². The Bertz CT molecular complexity index is 834. The Kier molecular flexibility index (Phi) is 5.00. The number of nitrogens with one attached hydrogen (secondary N) is 1. The van der Waals surface area contributed by atoms with Crippen molar-refractivity contribution in [3.8, 4) is 5.75 Å². The van der Waals surface area contributed by atoms with Gasteiger partial charge in [-0.1, -0.05) is 18.2 Å². The van der Waals surface area contributed by atoms with E-state index in [9.17, 15) is 17.6 Å². The Balaban J connectivity index is 2.20. The van der Waals surface area contributed by atoms with Gasteiger partial charge in [0.25, 0.3) is 0 Å². The molecule has 2 aromatic carbocycles. The number of aryl methyl sites for hydroxylation is 1. The summed E-state index contributed by atoms with van der Waals surface area (Å²) in [4.78, 5) is 11.9. The van der Waals surface area contributed by atoms with E-state index >= 15 is 0 Å². The lowest BCUT2D eigenvalue weighted by Gasteiger charge is -2.10. The molecule has 1 N–H and O–H groups in total. The summed E-state index contributed by atoms with van der Waals surface area (Å²) in [5.74, 6) is -2.10. The van der Waals surface area contributed by atoms with Crippen LogP contribution in [0, 0.1) is 12.7 Å². The first-order valence-corrected chi connectivity index (χ1v) is 8.40. The molecular formula is C16H16FNO4S. The highest BCUT2D eigenvalue weighted by molar-refractivity contribution is 7.92. The number of halogens is 1. The minimum atomic E-state index is -3.90. The molecule has 0 unspecified atom stereocenters. The zero-order valence-electron chi connectivity index (χ0n) is 12.7. The van der Waals surface area contributed by atoms with Crippen LogP contribution in [0.15, 0.2) is 47.4 Å². The predicted molar refractivity (Wildman–Crippen MR) is 84.8 cm³/mol. The van der Waals surface area contributed by atoms with Gasteiger partial charge in [-0.25, -0.2) is 12.8 Å². The van der Waals surface area contributed by atoms with E-state index in [1.54, 1.807) is 19.1 Å². The molecule has 0 bridgehead atoms. The minimum absolute atomic E-state index is 0.0507. The van der Waals surface area contributed by atoms with E-state index in [4.69, 9.17) is 4.74 Å². The molecule has 23 heavy (non-hydrogen) atoms. The minimum Gasteiger partial charge on any atom is -0.495 e. The van der Waals surface area contributed by atoms with Crippen molar-refractivity contribution >= 4 is 21.4 Å². The van der Waals surface area contributed by atoms with E-state index in [0.717, 1.165) is 5.56 Å². The van der Waals surface area contributed by atoms with Crippen LogP contribution >= 0.6 is 0 Å². The van der Waals surface area contributed by atoms with Crippen molar-refractivity contribution < 1.29 is 22.3 Å². The highest BCUT2D eigenvalue weighted by Crippen LogP contribution is 2.24. The topological polar surface area (TPSA) is 72.5 Å². The SMILES string of the molecule is COc1ccccc1S(=O)(=O)CC(=O)Nc1cc(C)ccc1F.